The smallest absolute Gasteiger partial charge is 0.299 e. The number of anilines is 1. The molecule has 1 aromatic carbocycles. The zero-order valence-corrected chi connectivity index (χ0v) is 11.1. The Kier molecular flexibility index (Phi) is 4.73. The second-order valence-corrected chi connectivity index (χ2v) is 4.67. The number of carbonyl (C=O) groups is 1. The van der Waals surface area contributed by atoms with E-state index in [2.05, 4.69) is 15.5 Å². The first kappa shape index (κ1) is 14.0. The second-order valence-electron chi connectivity index (χ2n) is 4.67. The zero-order valence-electron chi connectivity index (χ0n) is 11.1. The molecule has 4 nitrogen and oxygen atoms in total. The molecule has 0 bridgehead atoms. The molecule has 96 valence electrons. The summed E-state index contributed by atoms with van der Waals surface area (Å²) in [6.07, 6.45) is 1.23. The van der Waals surface area contributed by atoms with Crippen LogP contribution in [0.5, 0.6) is 0 Å². The first-order valence-corrected chi connectivity index (χ1v) is 5.93. The average Bonchev–Trinajstić information content (AvgIpc) is 2.37. The number of benzene rings is 1. The lowest BCUT2D eigenvalue weighted by molar-refractivity contribution is -0.120. The normalized spacial score (nSPS) is 10.6. The highest BCUT2D eigenvalue weighted by atomic mass is 16.1. The molecule has 2 N–H and O–H groups in total. The largest absolute Gasteiger partial charge is 0.359 e. The van der Waals surface area contributed by atoms with Crippen molar-refractivity contribution >= 4 is 11.6 Å². The Morgan fingerprint density at radius 3 is 2.44 bits per heavy atom. The Labute approximate surface area is 108 Å². The molecule has 0 saturated carbocycles. The summed E-state index contributed by atoms with van der Waals surface area (Å²) < 4.78 is 0. The second kappa shape index (κ2) is 6.06. The minimum Gasteiger partial charge on any atom is -0.359 e. The van der Waals surface area contributed by atoms with Crippen LogP contribution < -0.4 is 10.6 Å². The van der Waals surface area contributed by atoms with Crippen molar-refractivity contribution in [2.45, 2.75) is 32.4 Å². The molecule has 0 saturated heterocycles. The predicted octanol–water partition coefficient (Wildman–Crippen LogP) is 2.43. The molecule has 0 aliphatic rings. The van der Waals surface area contributed by atoms with E-state index in [1.54, 1.807) is 7.05 Å². The van der Waals surface area contributed by atoms with E-state index in [0.717, 1.165) is 17.7 Å². The van der Waals surface area contributed by atoms with Crippen molar-refractivity contribution in [1.29, 1.82) is 0 Å². The van der Waals surface area contributed by atoms with Crippen LogP contribution in [0.2, 0.25) is 0 Å². The van der Waals surface area contributed by atoms with Gasteiger partial charge in [0, 0.05) is 33.0 Å². The summed E-state index contributed by atoms with van der Waals surface area (Å²) in [7, 11) is 1.64. The molecule has 0 unspecified atom stereocenters. The van der Waals surface area contributed by atoms with Gasteiger partial charge in [0.2, 0.25) is 5.91 Å². The van der Waals surface area contributed by atoms with Gasteiger partial charge in [-0.15, -0.1) is 0 Å². The van der Waals surface area contributed by atoms with Gasteiger partial charge in [0.05, 0.1) is 0 Å². The lowest BCUT2D eigenvalue weighted by atomic mass is 10.1. The lowest BCUT2D eigenvalue weighted by Gasteiger charge is -2.15. The minimum atomic E-state index is -0.594. The van der Waals surface area contributed by atoms with Crippen molar-refractivity contribution in [2.75, 3.05) is 12.4 Å². The fourth-order valence-electron chi connectivity index (χ4n) is 1.52. The molecule has 4 heteroatoms. The molecule has 18 heavy (non-hydrogen) atoms. The van der Waals surface area contributed by atoms with Gasteiger partial charge in [-0.3, -0.25) is 9.64 Å². The first-order valence-electron chi connectivity index (χ1n) is 5.93. The minimum absolute atomic E-state index is 0.0475. The number of nitrogens with zero attached hydrogens (tertiary/aromatic N) is 1. The van der Waals surface area contributed by atoms with Gasteiger partial charge in [-0.1, -0.05) is 12.1 Å². The van der Waals surface area contributed by atoms with Gasteiger partial charge in [-0.2, -0.15) is 0 Å². The zero-order chi connectivity index (χ0) is 13.6. The Morgan fingerprint density at radius 1 is 1.33 bits per heavy atom. The molecular formula is C14H19N3O. The quantitative estimate of drug-likeness (QED) is 0.783. The Morgan fingerprint density at radius 2 is 1.94 bits per heavy atom. The van der Waals surface area contributed by atoms with Crippen LogP contribution in [0.4, 0.5) is 5.69 Å². The highest BCUT2D eigenvalue weighted by Gasteiger charge is 2.21. The number of aryl methyl sites for hydroxylation is 1. The Bertz CT molecular complexity index is 443. The van der Waals surface area contributed by atoms with Crippen molar-refractivity contribution < 1.29 is 4.79 Å². The number of rotatable bonds is 5. The maximum atomic E-state index is 11.1. The van der Waals surface area contributed by atoms with E-state index in [-0.39, 0.29) is 5.91 Å². The molecule has 0 aromatic heterocycles. The lowest BCUT2D eigenvalue weighted by Crippen LogP contribution is -2.25. The van der Waals surface area contributed by atoms with E-state index in [0.29, 0.717) is 6.42 Å². The number of amides is 1. The molecule has 1 aromatic rings. The van der Waals surface area contributed by atoms with Gasteiger partial charge < -0.3 is 10.6 Å². The van der Waals surface area contributed by atoms with Crippen molar-refractivity contribution in [2.24, 2.45) is 0 Å². The summed E-state index contributed by atoms with van der Waals surface area (Å²) in [4.78, 5) is 14.6. The Balaban J connectivity index is 2.58. The third kappa shape index (κ3) is 4.46. The van der Waals surface area contributed by atoms with Crippen molar-refractivity contribution in [3.05, 3.63) is 41.2 Å². The summed E-state index contributed by atoms with van der Waals surface area (Å²) in [5.41, 5.74) is 1.44. The number of carbonyl (C=O) groups excluding carboxylic acids is 1. The topological polar surface area (TPSA) is 45.5 Å². The molecule has 0 atom stereocenters. The average molecular weight is 245 g/mol. The van der Waals surface area contributed by atoms with Gasteiger partial charge in [0.15, 0.2) is 0 Å². The van der Waals surface area contributed by atoms with E-state index in [1.165, 1.54) is 0 Å². The SMILES string of the molecule is [C-]#[N+]C(C)(C)Nc1ccc(CCC(=O)NC)cc1. The van der Waals surface area contributed by atoms with Crippen LogP contribution in [-0.4, -0.2) is 18.6 Å². The highest BCUT2D eigenvalue weighted by Crippen LogP contribution is 2.17. The van der Waals surface area contributed by atoms with Gasteiger partial charge in [0.25, 0.3) is 5.66 Å². The fourth-order valence-corrected chi connectivity index (χ4v) is 1.52. The molecule has 0 spiro atoms. The number of hydrogen-bond acceptors (Lipinski definition) is 2. The molecular weight excluding hydrogens is 226 g/mol. The fraction of sp³-hybridized carbons (Fsp3) is 0.429. The summed E-state index contributed by atoms with van der Waals surface area (Å²) >= 11 is 0. The van der Waals surface area contributed by atoms with Crippen LogP contribution in [0.15, 0.2) is 24.3 Å². The van der Waals surface area contributed by atoms with Crippen LogP contribution in [0, 0.1) is 6.57 Å². The number of nitrogens with one attached hydrogen (secondary N) is 2. The van der Waals surface area contributed by atoms with E-state index in [9.17, 15) is 4.79 Å². The van der Waals surface area contributed by atoms with E-state index in [4.69, 9.17) is 6.57 Å². The van der Waals surface area contributed by atoms with Crippen molar-refractivity contribution in [3.8, 4) is 0 Å². The molecule has 0 fully saturated rings. The van der Waals surface area contributed by atoms with E-state index >= 15 is 0 Å². The third-order valence-electron chi connectivity index (χ3n) is 2.60. The summed E-state index contributed by atoms with van der Waals surface area (Å²) in [6, 6.07) is 7.83. The van der Waals surface area contributed by atoms with Gasteiger partial charge >= 0.3 is 0 Å². The monoisotopic (exact) mass is 245 g/mol. The molecule has 1 rings (SSSR count). The maximum absolute atomic E-state index is 11.1. The van der Waals surface area contributed by atoms with Gasteiger partial charge in [-0.05, 0) is 24.1 Å². The number of hydrogen-bond donors (Lipinski definition) is 2. The van der Waals surface area contributed by atoms with Crippen LogP contribution in [0.3, 0.4) is 0 Å². The maximum Gasteiger partial charge on any atom is 0.299 e. The Hall–Kier alpha value is -2.02. The van der Waals surface area contributed by atoms with Crippen LogP contribution in [0.25, 0.3) is 4.85 Å². The van der Waals surface area contributed by atoms with Gasteiger partial charge in [0.1, 0.15) is 0 Å². The van der Waals surface area contributed by atoms with Crippen LogP contribution in [0.1, 0.15) is 25.8 Å². The molecule has 1 amide bonds. The first-order chi connectivity index (χ1) is 8.46. The summed E-state index contributed by atoms with van der Waals surface area (Å²) in [5, 5.41) is 5.74. The standard InChI is InChI=1S/C14H19N3O/c1-14(2,16-4)17-12-8-5-11(6-9-12)7-10-13(18)15-3/h5-6,8-9,17H,7,10H2,1-3H3,(H,15,18). The van der Waals surface area contributed by atoms with E-state index < -0.39 is 5.66 Å². The van der Waals surface area contributed by atoms with Crippen molar-refractivity contribution in [3.63, 3.8) is 0 Å². The van der Waals surface area contributed by atoms with E-state index in [1.807, 2.05) is 38.1 Å². The molecule has 0 aliphatic carbocycles. The van der Waals surface area contributed by atoms with Gasteiger partial charge in [-0.25, -0.2) is 6.57 Å². The molecule has 0 radical (unpaired) electrons. The van der Waals surface area contributed by atoms with Crippen LogP contribution in [-0.2, 0) is 11.2 Å². The highest BCUT2D eigenvalue weighted by molar-refractivity contribution is 5.75. The molecule has 0 heterocycles. The summed E-state index contributed by atoms with van der Waals surface area (Å²) in [6.45, 7) is 10.7. The predicted molar refractivity (Wildman–Crippen MR) is 73.1 cm³/mol. The molecule has 0 aliphatic heterocycles. The third-order valence-corrected chi connectivity index (χ3v) is 2.60. The van der Waals surface area contributed by atoms with Crippen molar-refractivity contribution in [1.82, 2.24) is 5.32 Å². The van der Waals surface area contributed by atoms with Crippen LogP contribution >= 0.6 is 0 Å². The summed E-state index contributed by atoms with van der Waals surface area (Å²) in [5.74, 6) is 0.0475.